The van der Waals surface area contributed by atoms with E-state index in [4.69, 9.17) is 5.26 Å². The van der Waals surface area contributed by atoms with Crippen LogP contribution < -0.4 is 5.32 Å². The second-order valence-electron chi connectivity index (χ2n) is 5.12. The van der Waals surface area contributed by atoms with Crippen molar-refractivity contribution >= 4 is 5.69 Å². The molecule has 0 radical (unpaired) electrons. The highest BCUT2D eigenvalue weighted by atomic mass is 19.4. The van der Waals surface area contributed by atoms with Crippen LogP contribution in [0, 0.1) is 11.3 Å². The van der Waals surface area contributed by atoms with E-state index in [2.05, 4.69) is 10.2 Å². The fourth-order valence-electron chi connectivity index (χ4n) is 2.44. The van der Waals surface area contributed by atoms with Crippen LogP contribution in [0.2, 0.25) is 0 Å². The number of likely N-dealkylation sites (tertiary alicyclic amines) is 1. The molecule has 0 saturated carbocycles. The summed E-state index contributed by atoms with van der Waals surface area (Å²) < 4.78 is 37.8. The first-order valence-electron chi connectivity index (χ1n) is 6.46. The number of piperidine rings is 1. The number of nitrogens with zero attached hydrogens (tertiary/aromatic N) is 2. The molecule has 0 bridgehead atoms. The maximum atomic E-state index is 12.6. The Hall–Kier alpha value is -1.74. The van der Waals surface area contributed by atoms with Crippen molar-refractivity contribution in [1.82, 2.24) is 4.90 Å². The average Bonchev–Trinajstić information content (AvgIpc) is 2.38. The third-order valence-corrected chi connectivity index (χ3v) is 3.45. The summed E-state index contributed by atoms with van der Waals surface area (Å²) in [7, 11) is 2.01. The van der Waals surface area contributed by atoms with Crippen LogP contribution in [0.1, 0.15) is 24.0 Å². The van der Waals surface area contributed by atoms with E-state index in [1.807, 2.05) is 13.1 Å². The number of alkyl halides is 3. The van der Waals surface area contributed by atoms with Gasteiger partial charge < -0.3 is 10.2 Å². The fraction of sp³-hybridized carbons (Fsp3) is 0.500. The Balaban J connectivity index is 2.18. The van der Waals surface area contributed by atoms with Crippen molar-refractivity contribution in [2.75, 3.05) is 25.5 Å². The summed E-state index contributed by atoms with van der Waals surface area (Å²) >= 11 is 0. The van der Waals surface area contributed by atoms with Crippen LogP contribution in [0.25, 0.3) is 0 Å². The first-order valence-corrected chi connectivity index (χ1v) is 6.46. The maximum absolute atomic E-state index is 12.6. The maximum Gasteiger partial charge on any atom is 0.416 e. The molecule has 1 aromatic carbocycles. The number of hydrogen-bond acceptors (Lipinski definition) is 3. The molecule has 6 heteroatoms. The molecule has 0 aromatic heterocycles. The summed E-state index contributed by atoms with van der Waals surface area (Å²) in [5.74, 6) is 0. The quantitative estimate of drug-likeness (QED) is 0.906. The minimum atomic E-state index is -4.42. The van der Waals surface area contributed by atoms with Gasteiger partial charge in [-0.1, -0.05) is 0 Å². The predicted octanol–water partition coefficient (Wildman–Crippen LogP) is 3.08. The molecule has 1 fully saturated rings. The van der Waals surface area contributed by atoms with Gasteiger partial charge >= 0.3 is 6.18 Å². The van der Waals surface area contributed by atoms with Crippen LogP contribution in [0.3, 0.4) is 0 Å². The largest absolute Gasteiger partial charge is 0.416 e. The third kappa shape index (κ3) is 3.42. The lowest BCUT2D eigenvalue weighted by Crippen LogP contribution is -2.39. The predicted molar refractivity (Wildman–Crippen MR) is 70.3 cm³/mol. The summed E-state index contributed by atoms with van der Waals surface area (Å²) in [6.45, 7) is 1.85. The number of nitrogens with one attached hydrogen (secondary N) is 1. The lowest BCUT2D eigenvalue weighted by atomic mass is 10.0. The third-order valence-electron chi connectivity index (χ3n) is 3.45. The lowest BCUT2D eigenvalue weighted by molar-refractivity contribution is -0.137. The monoisotopic (exact) mass is 283 g/mol. The zero-order valence-electron chi connectivity index (χ0n) is 11.2. The van der Waals surface area contributed by atoms with Gasteiger partial charge in [-0.15, -0.1) is 0 Å². The molecule has 3 nitrogen and oxygen atoms in total. The minimum absolute atomic E-state index is 0.0352. The molecular formula is C14H16F3N3. The number of anilines is 1. The van der Waals surface area contributed by atoms with Crippen LogP contribution in [0.5, 0.6) is 0 Å². The summed E-state index contributed by atoms with van der Waals surface area (Å²) in [6, 6.07) is 5.25. The number of benzene rings is 1. The molecule has 1 atom stereocenters. The molecule has 0 aliphatic carbocycles. The van der Waals surface area contributed by atoms with Crippen LogP contribution in [-0.2, 0) is 6.18 Å². The van der Waals surface area contributed by atoms with Gasteiger partial charge in [-0.2, -0.15) is 18.4 Å². The normalized spacial score (nSPS) is 20.4. The topological polar surface area (TPSA) is 39.1 Å². The molecule has 1 aliphatic heterocycles. The van der Waals surface area contributed by atoms with Gasteiger partial charge in [0.2, 0.25) is 0 Å². The highest BCUT2D eigenvalue weighted by molar-refractivity contribution is 5.59. The second-order valence-corrected chi connectivity index (χ2v) is 5.12. The van der Waals surface area contributed by atoms with Gasteiger partial charge in [0.05, 0.1) is 16.8 Å². The Morgan fingerprint density at radius 2 is 2.15 bits per heavy atom. The van der Waals surface area contributed by atoms with E-state index < -0.39 is 11.7 Å². The Bertz CT molecular complexity index is 519. The van der Waals surface area contributed by atoms with E-state index in [-0.39, 0.29) is 11.6 Å². The molecule has 1 N–H and O–H groups in total. The van der Waals surface area contributed by atoms with Crippen molar-refractivity contribution in [3.05, 3.63) is 29.3 Å². The van der Waals surface area contributed by atoms with Crippen LogP contribution >= 0.6 is 0 Å². The number of rotatable bonds is 2. The molecule has 0 amide bonds. The number of halogens is 3. The van der Waals surface area contributed by atoms with E-state index in [9.17, 15) is 13.2 Å². The highest BCUT2D eigenvalue weighted by Crippen LogP contribution is 2.32. The van der Waals surface area contributed by atoms with Crippen molar-refractivity contribution in [2.24, 2.45) is 0 Å². The Kier molecular flexibility index (Phi) is 4.19. The average molecular weight is 283 g/mol. The van der Waals surface area contributed by atoms with Crippen molar-refractivity contribution in [1.29, 1.82) is 5.26 Å². The first kappa shape index (κ1) is 14.7. The summed E-state index contributed by atoms with van der Waals surface area (Å²) in [6.07, 6.45) is -2.43. The van der Waals surface area contributed by atoms with Gasteiger partial charge in [0, 0.05) is 12.6 Å². The van der Waals surface area contributed by atoms with E-state index in [1.165, 1.54) is 6.07 Å². The summed E-state index contributed by atoms with van der Waals surface area (Å²) in [5.41, 5.74) is -0.283. The second kappa shape index (κ2) is 5.71. The fourth-order valence-corrected chi connectivity index (χ4v) is 2.44. The molecule has 1 unspecified atom stereocenters. The Morgan fingerprint density at radius 1 is 1.40 bits per heavy atom. The van der Waals surface area contributed by atoms with Gasteiger partial charge in [0.25, 0.3) is 0 Å². The number of nitriles is 1. The van der Waals surface area contributed by atoms with Crippen LogP contribution in [0.15, 0.2) is 18.2 Å². The smallest absolute Gasteiger partial charge is 0.380 e. The van der Waals surface area contributed by atoms with Gasteiger partial charge in [0.15, 0.2) is 0 Å². The zero-order chi connectivity index (χ0) is 14.8. The zero-order valence-corrected chi connectivity index (χ0v) is 11.2. The van der Waals surface area contributed by atoms with Crippen LogP contribution in [0.4, 0.5) is 18.9 Å². The Morgan fingerprint density at radius 3 is 2.75 bits per heavy atom. The minimum Gasteiger partial charge on any atom is -0.380 e. The van der Waals surface area contributed by atoms with Gasteiger partial charge in [0.1, 0.15) is 6.07 Å². The van der Waals surface area contributed by atoms with Crippen molar-refractivity contribution < 1.29 is 13.2 Å². The molecule has 108 valence electrons. The molecular weight excluding hydrogens is 267 g/mol. The highest BCUT2D eigenvalue weighted by Gasteiger charge is 2.31. The number of hydrogen-bond donors (Lipinski definition) is 1. The van der Waals surface area contributed by atoms with Gasteiger partial charge in [-0.05, 0) is 44.6 Å². The molecule has 1 heterocycles. The van der Waals surface area contributed by atoms with Gasteiger partial charge in [-0.3, -0.25) is 0 Å². The molecule has 20 heavy (non-hydrogen) atoms. The standard InChI is InChI=1S/C14H16F3N3/c1-20-6-2-3-12(9-20)19-13-5-4-11(14(15,16)17)7-10(13)8-18/h4-5,7,12,19H,2-3,6,9H2,1H3. The molecule has 1 aliphatic rings. The van der Waals surface area contributed by atoms with E-state index in [0.29, 0.717) is 5.69 Å². The van der Waals surface area contributed by atoms with E-state index >= 15 is 0 Å². The van der Waals surface area contributed by atoms with E-state index in [0.717, 1.165) is 38.1 Å². The molecule has 1 saturated heterocycles. The van der Waals surface area contributed by atoms with Crippen molar-refractivity contribution in [3.8, 4) is 6.07 Å². The molecule has 2 rings (SSSR count). The lowest BCUT2D eigenvalue weighted by Gasteiger charge is -2.31. The van der Waals surface area contributed by atoms with Crippen LogP contribution in [-0.4, -0.2) is 31.1 Å². The molecule has 0 spiro atoms. The number of likely N-dealkylation sites (N-methyl/N-ethyl adjacent to an activating group) is 1. The Labute approximate surface area is 116 Å². The van der Waals surface area contributed by atoms with Crippen molar-refractivity contribution in [3.63, 3.8) is 0 Å². The van der Waals surface area contributed by atoms with E-state index in [1.54, 1.807) is 0 Å². The van der Waals surface area contributed by atoms with Gasteiger partial charge in [-0.25, -0.2) is 0 Å². The molecule has 1 aromatic rings. The first-order chi connectivity index (χ1) is 9.40. The SMILES string of the molecule is CN1CCCC(Nc2ccc(C(F)(F)F)cc2C#N)C1. The van der Waals surface area contributed by atoms with Crippen molar-refractivity contribution in [2.45, 2.75) is 25.1 Å². The summed E-state index contributed by atoms with van der Waals surface area (Å²) in [4.78, 5) is 2.16. The summed E-state index contributed by atoms with van der Waals surface area (Å²) in [5, 5.41) is 12.2.